The summed E-state index contributed by atoms with van der Waals surface area (Å²) in [5.74, 6) is 1.64. The summed E-state index contributed by atoms with van der Waals surface area (Å²) in [6, 6.07) is 7.52. The molecule has 0 aliphatic carbocycles. The third-order valence-electron chi connectivity index (χ3n) is 4.17. The molecule has 1 heterocycles. The van der Waals surface area contributed by atoms with E-state index < -0.39 is 9.84 Å². The fourth-order valence-corrected chi connectivity index (χ4v) is 3.57. The number of nitrogens with one attached hydrogen (secondary N) is 2. The molecular formula is C19H29IN4O3S. The number of nitrogens with zero attached hydrogens (tertiary/aromatic N) is 2. The quantitative estimate of drug-likeness (QED) is 0.316. The van der Waals surface area contributed by atoms with Gasteiger partial charge in [0.25, 0.3) is 0 Å². The minimum absolute atomic E-state index is 0. The van der Waals surface area contributed by atoms with Crippen LogP contribution in [-0.4, -0.2) is 32.8 Å². The molecule has 0 bridgehead atoms. The number of halogens is 1. The molecule has 2 aromatic rings. The van der Waals surface area contributed by atoms with E-state index in [1.54, 1.807) is 7.05 Å². The van der Waals surface area contributed by atoms with Crippen LogP contribution in [0.4, 0.5) is 0 Å². The molecule has 1 aromatic carbocycles. The summed E-state index contributed by atoms with van der Waals surface area (Å²) in [4.78, 5) is 4.24. The normalized spacial score (nSPS) is 11.8. The molecule has 0 spiro atoms. The first-order valence-corrected chi connectivity index (χ1v) is 11.1. The molecule has 156 valence electrons. The zero-order valence-electron chi connectivity index (χ0n) is 16.8. The van der Waals surface area contributed by atoms with E-state index in [1.165, 1.54) is 6.26 Å². The molecule has 0 aliphatic heterocycles. The molecule has 7 nitrogen and oxygen atoms in total. The largest absolute Gasteiger partial charge is 0.361 e. The summed E-state index contributed by atoms with van der Waals surface area (Å²) in [5.41, 5.74) is 3.89. The highest BCUT2D eigenvalue weighted by molar-refractivity contribution is 14.0. The van der Waals surface area contributed by atoms with Gasteiger partial charge in [0.15, 0.2) is 15.8 Å². The van der Waals surface area contributed by atoms with Crippen molar-refractivity contribution in [2.75, 3.05) is 13.3 Å². The number of hydrogen-bond donors (Lipinski definition) is 2. The van der Waals surface area contributed by atoms with E-state index in [-0.39, 0.29) is 29.7 Å². The van der Waals surface area contributed by atoms with Crippen molar-refractivity contribution in [3.05, 3.63) is 52.4 Å². The molecule has 0 fully saturated rings. The predicted octanol–water partition coefficient (Wildman–Crippen LogP) is 2.83. The highest BCUT2D eigenvalue weighted by atomic mass is 127. The number of aliphatic imine (C=N–C) groups is 1. The SMILES string of the molecule is CCc1noc(CC)c1CNC(=NC)NCc1ccc(CS(C)(=O)=O)cc1.I. The van der Waals surface area contributed by atoms with Crippen molar-refractivity contribution in [3.63, 3.8) is 0 Å². The average Bonchev–Trinajstić information content (AvgIpc) is 3.04. The Morgan fingerprint density at radius 2 is 1.68 bits per heavy atom. The molecular weight excluding hydrogens is 491 g/mol. The van der Waals surface area contributed by atoms with Gasteiger partial charge in [-0.05, 0) is 17.5 Å². The van der Waals surface area contributed by atoms with E-state index in [2.05, 4.69) is 27.7 Å². The number of rotatable bonds is 8. The van der Waals surface area contributed by atoms with E-state index in [1.807, 2.05) is 31.2 Å². The monoisotopic (exact) mass is 520 g/mol. The first kappa shape index (κ1) is 24.4. The summed E-state index contributed by atoms with van der Waals surface area (Å²) >= 11 is 0. The van der Waals surface area contributed by atoms with Crippen LogP contribution in [0.3, 0.4) is 0 Å². The Hall–Kier alpha value is -1.62. The summed E-state index contributed by atoms with van der Waals surface area (Å²) < 4.78 is 28.1. The second kappa shape index (κ2) is 11.4. The molecule has 2 rings (SSSR count). The summed E-state index contributed by atoms with van der Waals surface area (Å²) in [7, 11) is -1.30. The molecule has 0 radical (unpaired) electrons. The molecule has 28 heavy (non-hydrogen) atoms. The molecule has 0 amide bonds. The summed E-state index contributed by atoms with van der Waals surface area (Å²) in [6.07, 6.45) is 2.86. The Morgan fingerprint density at radius 3 is 2.21 bits per heavy atom. The van der Waals surface area contributed by atoms with Crippen molar-refractivity contribution >= 4 is 39.8 Å². The minimum atomic E-state index is -3.02. The van der Waals surface area contributed by atoms with Gasteiger partial charge in [0.05, 0.1) is 11.4 Å². The van der Waals surface area contributed by atoms with E-state index in [0.29, 0.717) is 19.0 Å². The zero-order chi connectivity index (χ0) is 19.9. The van der Waals surface area contributed by atoms with Gasteiger partial charge in [-0.15, -0.1) is 24.0 Å². The molecule has 0 saturated heterocycles. The van der Waals surface area contributed by atoms with Gasteiger partial charge in [0.1, 0.15) is 5.76 Å². The Labute approximate surface area is 184 Å². The van der Waals surface area contributed by atoms with Gasteiger partial charge < -0.3 is 15.2 Å². The number of hydrogen-bond acceptors (Lipinski definition) is 5. The fraction of sp³-hybridized carbons (Fsp3) is 0.474. The molecule has 0 aliphatic rings. The first-order chi connectivity index (χ1) is 12.9. The van der Waals surface area contributed by atoms with Crippen LogP contribution >= 0.6 is 24.0 Å². The van der Waals surface area contributed by atoms with Crippen molar-refractivity contribution in [1.29, 1.82) is 0 Å². The molecule has 0 atom stereocenters. The van der Waals surface area contributed by atoms with Crippen LogP contribution in [0.5, 0.6) is 0 Å². The van der Waals surface area contributed by atoms with Gasteiger partial charge in [-0.2, -0.15) is 0 Å². The number of guanidine groups is 1. The van der Waals surface area contributed by atoms with Gasteiger partial charge in [-0.1, -0.05) is 43.3 Å². The van der Waals surface area contributed by atoms with Crippen LogP contribution in [0, 0.1) is 0 Å². The molecule has 0 unspecified atom stereocenters. The Bertz CT molecular complexity index is 856. The first-order valence-electron chi connectivity index (χ1n) is 9.02. The molecule has 2 N–H and O–H groups in total. The van der Waals surface area contributed by atoms with Crippen molar-refractivity contribution in [2.24, 2.45) is 4.99 Å². The maximum absolute atomic E-state index is 11.4. The maximum Gasteiger partial charge on any atom is 0.191 e. The maximum atomic E-state index is 11.4. The minimum Gasteiger partial charge on any atom is -0.361 e. The third kappa shape index (κ3) is 7.42. The van der Waals surface area contributed by atoms with E-state index in [0.717, 1.165) is 41.0 Å². The lowest BCUT2D eigenvalue weighted by Gasteiger charge is -2.12. The second-order valence-corrected chi connectivity index (χ2v) is 8.54. The van der Waals surface area contributed by atoms with Gasteiger partial charge in [0.2, 0.25) is 0 Å². The lowest BCUT2D eigenvalue weighted by Crippen LogP contribution is -2.36. The number of aryl methyl sites for hydroxylation is 2. The van der Waals surface area contributed by atoms with Gasteiger partial charge in [-0.3, -0.25) is 4.99 Å². The van der Waals surface area contributed by atoms with Crippen LogP contribution in [0.15, 0.2) is 33.8 Å². The number of benzene rings is 1. The molecule has 9 heteroatoms. The Balaban J connectivity index is 0.00000392. The highest BCUT2D eigenvalue weighted by Gasteiger charge is 2.13. The van der Waals surface area contributed by atoms with Crippen LogP contribution in [0.2, 0.25) is 0 Å². The van der Waals surface area contributed by atoms with Crippen molar-refractivity contribution in [2.45, 2.75) is 45.5 Å². The van der Waals surface area contributed by atoms with Crippen LogP contribution in [0.1, 0.15) is 42.0 Å². The lowest BCUT2D eigenvalue weighted by atomic mass is 10.1. The number of sulfone groups is 1. The second-order valence-electron chi connectivity index (χ2n) is 6.40. The smallest absolute Gasteiger partial charge is 0.191 e. The van der Waals surface area contributed by atoms with Gasteiger partial charge >= 0.3 is 0 Å². The predicted molar refractivity (Wildman–Crippen MR) is 123 cm³/mol. The fourth-order valence-electron chi connectivity index (χ4n) is 2.77. The van der Waals surface area contributed by atoms with Gasteiger partial charge in [-0.25, -0.2) is 8.42 Å². The Kier molecular flexibility index (Phi) is 9.94. The number of aromatic nitrogens is 1. The van der Waals surface area contributed by atoms with E-state index in [9.17, 15) is 8.42 Å². The molecule has 0 saturated carbocycles. The third-order valence-corrected chi connectivity index (χ3v) is 5.03. The zero-order valence-corrected chi connectivity index (χ0v) is 19.9. The van der Waals surface area contributed by atoms with Crippen LogP contribution in [0.25, 0.3) is 0 Å². The average molecular weight is 520 g/mol. The summed E-state index contributed by atoms with van der Waals surface area (Å²) in [6.45, 7) is 5.29. The van der Waals surface area contributed by atoms with Crippen molar-refractivity contribution in [3.8, 4) is 0 Å². The van der Waals surface area contributed by atoms with Crippen molar-refractivity contribution < 1.29 is 12.9 Å². The standard InChI is InChI=1S/C19H28N4O3S.HI/c1-5-17-16(18(6-2)26-23-17)12-22-19(20-3)21-11-14-7-9-15(10-8-14)13-27(4,24)25;/h7-10H,5-6,11-13H2,1-4H3,(H2,20,21,22);1H. The topological polar surface area (TPSA) is 96.6 Å². The van der Waals surface area contributed by atoms with Crippen molar-refractivity contribution in [1.82, 2.24) is 15.8 Å². The van der Waals surface area contributed by atoms with Crippen LogP contribution < -0.4 is 10.6 Å². The van der Waals surface area contributed by atoms with Gasteiger partial charge in [0, 0.05) is 38.4 Å². The highest BCUT2D eigenvalue weighted by Crippen LogP contribution is 2.15. The summed E-state index contributed by atoms with van der Waals surface area (Å²) in [5, 5.41) is 10.7. The Morgan fingerprint density at radius 1 is 1.07 bits per heavy atom. The van der Waals surface area contributed by atoms with Crippen LogP contribution in [-0.2, 0) is 41.5 Å². The molecule has 1 aromatic heterocycles. The van der Waals surface area contributed by atoms with E-state index >= 15 is 0 Å². The van der Waals surface area contributed by atoms with E-state index in [4.69, 9.17) is 4.52 Å². The lowest BCUT2D eigenvalue weighted by molar-refractivity contribution is 0.380.